The Kier molecular flexibility index (Phi) is 5.40. The van der Waals surface area contributed by atoms with Gasteiger partial charge in [-0.3, -0.25) is 14.8 Å². The maximum atomic E-state index is 5.57. The monoisotopic (exact) mass is 337 g/mol. The third-order valence-corrected chi connectivity index (χ3v) is 5.54. The summed E-state index contributed by atoms with van der Waals surface area (Å²) in [6, 6.07) is 16.3. The van der Waals surface area contributed by atoms with Gasteiger partial charge in [0.15, 0.2) is 0 Å². The molecule has 1 aromatic heterocycles. The summed E-state index contributed by atoms with van der Waals surface area (Å²) < 4.78 is 5.57. The van der Waals surface area contributed by atoms with Gasteiger partial charge in [0.1, 0.15) is 0 Å². The lowest BCUT2D eigenvalue weighted by atomic mass is 9.98. The minimum absolute atomic E-state index is 0.556. The van der Waals surface area contributed by atoms with Gasteiger partial charge in [-0.2, -0.15) is 0 Å². The van der Waals surface area contributed by atoms with E-state index in [1.807, 2.05) is 18.5 Å². The van der Waals surface area contributed by atoms with Crippen LogP contribution in [0.15, 0.2) is 54.9 Å². The van der Waals surface area contributed by atoms with Gasteiger partial charge in [-0.25, -0.2) is 0 Å². The first-order valence-corrected chi connectivity index (χ1v) is 9.39. The molecule has 0 spiro atoms. The number of nitrogens with zero attached hydrogens (tertiary/aromatic N) is 3. The fraction of sp³-hybridized carbons (Fsp3) is 0.476. The Labute approximate surface area is 150 Å². The molecule has 0 aliphatic carbocycles. The second-order valence-corrected chi connectivity index (χ2v) is 7.09. The van der Waals surface area contributed by atoms with Crippen LogP contribution < -0.4 is 0 Å². The molecule has 0 unspecified atom stereocenters. The zero-order valence-electron chi connectivity index (χ0n) is 14.8. The van der Waals surface area contributed by atoms with Crippen molar-refractivity contribution in [1.29, 1.82) is 0 Å². The number of aromatic nitrogens is 1. The molecule has 2 aliphatic rings. The van der Waals surface area contributed by atoms with E-state index in [0.29, 0.717) is 12.1 Å². The summed E-state index contributed by atoms with van der Waals surface area (Å²) in [5.74, 6) is 0. The number of morpholine rings is 1. The van der Waals surface area contributed by atoms with E-state index in [1.54, 1.807) is 0 Å². The molecule has 2 fully saturated rings. The first-order valence-electron chi connectivity index (χ1n) is 9.39. The third kappa shape index (κ3) is 4.09. The highest BCUT2D eigenvalue weighted by Crippen LogP contribution is 2.28. The van der Waals surface area contributed by atoms with Crippen LogP contribution in [0.25, 0.3) is 0 Å². The summed E-state index contributed by atoms with van der Waals surface area (Å²) in [6.07, 6.45) is 6.22. The highest BCUT2D eigenvalue weighted by Gasteiger charge is 2.38. The van der Waals surface area contributed by atoms with Gasteiger partial charge in [0.05, 0.1) is 13.2 Å². The Bertz CT molecular complexity index is 643. The van der Waals surface area contributed by atoms with Crippen molar-refractivity contribution < 1.29 is 4.74 Å². The maximum Gasteiger partial charge on any atom is 0.0594 e. The van der Waals surface area contributed by atoms with E-state index in [-0.39, 0.29) is 0 Å². The van der Waals surface area contributed by atoms with Crippen LogP contribution in [0.1, 0.15) is 17.5 Å². The molecule has 0 amide bonds. The maximum absolute atomic E-state index is 5.57. The van der Waals surface area contributed by atoms with E-state index < -0.39 is 0 Å². The molecule has 2 atom stereocenters. The summed E-state index contributed by atoms with van der Waals surface area (Å²) in [6.45, 7) is 6.03. The molecule has 4 heteroatoms. The molecule has 2 saturated heterocycles. The molecule has 0 N–H and O–H groups in total. The number of hydrogen-bond acceptors (Lipinski definition) is 4. The Morgan fingerprint density at radius 2 is 1.76 bits per heavy atom. The van der Waals surface area contributed by atoms with Crippen LogP contribution in [0.2, 0.25) is 0 Å². The molecule has 2 aliphatic heterocycles. The SMILES string of the molecule is c1ccc(C[C@@H]2[C@@H](N3CCOCC3)CCN2Cc2cccnc2)cc1. The van der Waals surface area contributed by atoms with Gasteiger partial charge >= 0.3 is 0 Å². The number of pyridine rings is 1. The summed E-state index contributed by atoms with van der Waals surface area (Å²) in [4.78, 5) is 9.60. The topological polar surface area (TPSA) is 28.6 Å². The summed E-state index contributed by atoms with van der Waals surface area (Å²) in [7, 11) is 0. The zero-order chi connectivity index (χ0) is 16.9. The van der Waals surface area contributed by atoms with Crippen molar-refractivity contribution in [3.05, 3.63) is 66.0 Å². The third-order valence-electron chi connectivity index (χ3n) is 5.54. The molecule has 0 saturated carbocycles. The smallest absolute Gasteiger partial charge is 0.0594 e. The van der Waals surface area contributed by atoms with Crippen LogP contribution in [-0.2, 0) is 17.7 Å². The Balaban J connectivity index is 1.52. The first kappa shape index (κ1) is 16.7. The van der Waals surface area contributed by atoms with Crippen molar-refractivity contribution >= 4 is 0 Å². The Hall–Kier alpha value is -1.75. The van der Waals surface area contributed by atoms with Crippen LogP contribution >= 0.6 is 0 Å². The van der Waals surface area contributed by atoms with Gasteiger partial charge in [-0.15, -0.1) is 0 Å². The van der Waals surface area contributed by atoms with Crippen LogP contribution in [0.3, 0.4) is 0 Å². The van der Waals surface area contributed by atoms with E-state index in [1.165, 1.54) is 17.5 Å². The normalized spacial score (nSPS) is 25.3. The lowest BCUT2D eigenvalue weighted by molar-refractivity contribution is 0.00788. The summed E-state index contributed by atoms with van der Waals surface area (Å²) in [5.41, 5.74) is 2.74. The number of benzene rings is 1. The molecule has 0 radical (unpaired) electrons. The van der Waals surface area contributed by atoms with E-state index in [4.69, 9.17) is 4.74 Å². The second kappa shape index (κ2) is 8.09. The predicted molar refractivity (Wildman–Crippen MR) is 99.4 cm³/mol. The minimum atomic E-state index is 0.556. The average Bonchev–Trinajstić information content (AvgIpc) is 3.06. The van der Waals surface area contributed by atoms with Crippen molar-refractivity contribution in [2.24, 2.45) is 0 Å². The molecule has 0 bridgehead atoms. The Morgan fingerprint density at radius 3 is 2.52 bits per heavy atom. The van der Waals surface area contributed by atoms with Gasteiger partial charge < -0.3 is 4.74 Å². The Morgan fingerprint density at radius 1 is 0.960 bits per heavy atom. The highest BCUT2D eigenvalue weighted by molar-refractivity contribution is 5.18. The van der Waals surface area contributed by atoms with Gasteiger partial charge in [-0.05, 0) is 30.0 Å². The van der Waals surface area contributed by atoms with E-state index in [0.717, 1.165) is 45.8 Å². The van der Waals surface area contributed by atoms with Crippen molar-refractivity contribution in [1.82, 2.24) is 14.8 Å². The molecule has 4 rings (SSSR count). The van der Waals surface area contributed by atoms with Crippen molar-refractivity contribution in [3.8, 4) is 0 Å². The molecule has 1 aromatic carbocycles. The first-order chi connectivity index (χ1) is 12.4. The van der Waals surface area contributed by atoms with E-state index in [9.17, 15) is 0 Å². The zero-order valence-corrected chi connectivity index (χ0v) is 14.8. The fourth-order valence-electron chi connectivity index (χ4n) is 4.28. The number of rotatable bonds is 5. The lowest BCUT2D eigenvalue weighted by Gasteiger charge is -2.37. The molecule has 3 heterocycles. The molecule has 4 nitrogen and oxygen atoms in total. The number of likely N-dealkylation sites (tertiary alicyclic amines) is 1. The van der Waals surface area contributed by atoms with Gasteiger partial charge in [0.2, 0.25) is 0 Å². The van der Waals surface area contributed by atoms with Crippen molar-refractivity contribution in [2.75, 3.05) is 32.8 Å². The minimum Gasteiger partial charge on any atom is -0.379 e. The summed E-state index contributed by atoms with van der Waals surface area (Å²) in [5, 5.41) is 0. The van der Waals surface area contributed by atoms with E-state index >= 15 is 0 Å². The number of hydrogen-bond donors (Lipinski definition) is 0. The molecule has 132 valence electrons. The lowest BCUT2D eigenvalue weighted by Crippen LogP contribution is -2.50. The second-order valence-electron chi connectivity index (χ2n) is 7.09. The molecule has 2 aromatic rings. The van der Waals surface area contributed by atoms with Gasteiger partial charge in [-0.1, -0.05) is 36.4 Å². The molecular formula is C21H27N3O. The fourth-order valence-corrected chi connectivity index (χ4v) is 4.28. The predicted octanol–water partition coefficient (Wildman–Crippen LogP) is 2.60. The van der Waals surface area contributed by atoms with Gasteiger partial charge in [0, 0.05) is 50.7 Å². The largest absolute Gasteiger partial charge is 0.379 e. The van der Waals surface area contributed by atoms with Crippen LogP contribution in [0, 0.1) is 0 Å². The van der Waals surface area contributed by atoms with E-state index in [2.05, 4.69) is 51.2 Å². The van der Waals surface area contributed by atoms with Crippen molar-refractivity contribution in [2.45, 2.75) is 31.5 Å². The standard InChI is InChI=1S/C21H27N3O/c1-2-5-18(6-3-1)15-21-20(23-11-13-25-14-12-23)8-10-24(21)17-19-7-4-9-22-16-19/h1-7,9,16,20-21H,8,10-15,17H2/t20-,21+/m0/s1. The van der Waals surface area contributed by atoms with Crippen LogP contribution in [-0.4, -0.2) is 59.7 Å². The van der Waals surface area contributed by atoms with Crippen LogP contribution in [0.5, 0.6) is 0 Å². The molecule has 25 heavy (non-hydrogen) atoms. The highest BCUT2D eigenvalue weighted by atomic mass is 16.5. The quantitative estimate of drug-likeness (QED) is 0.838. The van der Waals surface area contributed by atoms with Gasteiger partial charge in [0.25, 0.3) is 0 Å². The summed E-state index contributed by atoms with van der Waals surface area (Å²) >= 11 is 0. The average molecular weight is 337 g/mol. The molecular weight excluding hydrogens is 310 g/mol. The van der Waals surface area contributed by atoms with Crippen molar-refractivity contribution in [3.63, 3.8) is 0 Å². The number of ether oxygens (including phenoxy) is 1. The van der Waals surface area contributed by atoms with Crippen LogP contribution in [0.4, 0.5) is 0 Å².